The van der Waals surface area contributed by atoms with Crippen LogP contribution in [-0.2, 0) is 0 Å². The topological polar surface area (TPSA) is 59.1 Å². The maximum atomic E-state index is 8.94. The number of thiazole rings is 1. The van der Waals surface area contributed by atoms with Crippen LogP contribution < -0.4 is 5.73 Å². The molecule has 1 heterocycles. The second-order valence-electron chi connectivity index (χ2n) is 3.37. The SMILES string of the molecule is NC(CO)c1nc(-c2ccc(Br)cc2)cs1. The summed E-state index contributed by atoms with van der Waals surface area (Å²) >= 11 is 4.86. The van der Waals surface area contributed by atoms with E-state index in [1.807, 2.05) is 29.6 Å². The lowest BCUT2D eigenvalue weighted by Gasteiger charge is -2.02. The third-order valence-electron chi connectivity index (χ3n) is 2.18. The van der Waals surface area contributed by atoms with Gasteiger partial charge in [-0.1, -0.05) is 28.1 Å². The molecule has 3 N–H and O–H groups in total. The first-order valence-corrected chi connectivity index (χ1v) is 6.46. The number of aliphatic hydroxyl groups is 1. The number of benzene rings is 1. The van der Waals surface area contributed by atoms with Crippen LogP contribution in [0.5, 0.6) is 0 Å². The Morgan fingerprint density at radius 1 is 1.38 bits per heavy atom. The van der Waals surface area contributed by atoms with Gasteiger partial charge >= 0.3 is 0 Å². The van der Waals surface area contributed by atoms with Crippen molar-refractivity contribution in [3.63, 3.8) is 0 Å². The molecule has 1 atom stereocenters. The summed E-state index contributed by atoms with van der Waals surface area (Å²) in [7, 11) is 0. The maximum Gasteiger partial charge on any atom is 0.112 e. The quantitative estimate of drug-likeness (QED) is 0.915. The molecular weight excluding hydrogens is 288 g/mol. The molecule has 16 heavy (non-hydrogen) atoms. The Morgan fingerprint density at radius 2 is 2.06 bits per heavy atom. The van der Waals surface area contributed by atoms with Crippen molar-refractivity contribution in [2.24, 2.45) is 5.73 Å². The highest BCUT2D eigenvalue weighted by atomic mass is 79.9. The van der Waals surface area contributed by atoms with Gasteiger partial charge < -0.3 is 10.8 Å². The summed E-state index contributed by atoms with van der Waals surface area (Å²) in [6, 6.07) is 7.55. The van der Waals surface area contributed by atoms with Gasteiger partial charge in [0.1, 0.15) is 5.01 Å². The number of nitrogens with zero attached hydrogens (tertiary/aromatic N) is 1. The molecule has 2 rings (SSSR count). The lowest BCUT2D eigenvalue weighted by Crippen LogP contribution is -2.13. The lowest BCUT2D eigenvalue weighted by atomic mass is 10.2. The fourth-order valence-corrected chi connectivity index (χ4v) is 2.38. The van der Waals surface area contributed by atoms with Gasteiger partial charge in [0.2, 0.25) is 0 Å². The van der Waals surface area contributed by atoms with Crippen molar-refractivity contribution in [2.75, 3.05) is 6.61 Å². The second kappa shape index (κ2) is 5.05. The standard InChI is InChI=1S/C11H11BrN2OS/c12-8-3-1-7(2-4-8)10-6-16-11(14-10)9(13)5-15/h1-4,6,9,15H,5,13H2. The van der Waals surface area contributed by atoms with Crippen LogP contribution in [0.2, 0.25) is 0 Å². The predicted octanol–water partition coefficient (Wildman–Crippen LogP) is 2.56. The van der Waals surface area contributed by atoms with Crippen molar-refractivity contribution in [3.05, 3.63) is 39.1 Å². The van der Waals surface area contributed by atoms with Crippen LogP contribution in [0.4, 0.5) is 0 Å². The van der Waals surface area contributed by atoms with Gasteiger partial charge in [-0.15, -0.1) is 11.3 Å². The van der Waals surface area contributed by atoms with Crippen molar-refractivity contribution in [2.45, 2.75) is 6.04 Å². The zero-order valence-electron chi connectivity index (χ0n) is 8.43. The first-order chi connectivity index (χ1) is 7.70. The van der Waals surface area contributed by atoms with Crippen LogP contribution in [0.3, 0.4) is 0 Å². The summed E-state index contributed by atoms with van der Waals surface area (Å²) in [6.45, 7) is -0.0761. The number of nitrogens with two attached hydrogens (primary N) is 1. The van der Waals surface area contributed by atoms with E-state index in [2.05, 4.69) is 20.9 Å². The van der Waals surface area contributed by atoms with Crippen molar-refractivity contribution in [3.8, 4) is 11.3 Å². The monoisotopic (exact) mass is 298 g/mol. The molecule has 1 unspecified atom stereocenters. The predicted molar refractivity (Wildman–Crippen MR) is 69.3 cm³/mol. The first kappa shape index (κ1) is 11.7. The molecule has 0 aliphatic carbocycles. The fraction of sp³-hybridized carbons (Fsp3) is 0.182. The van der Waals surface area contributed by atoms with Gasteiger partial charge in [-0.2, -0.15) is 0 Å². The Bertz CT molecular complexity index is 469. The third kappa shape index (κ3) is 2.49. The highest BCUT2D eigenvalue weighted by Gasteiger charge is 2.10. The van der Waals surface area contributed by atoms with Gasteiger partial charge in [0, 0.05) is 15.4 Å². The molecule has 0 aliphatic heterocycles. The molecule has 3 nitrogen and oxygen atoms in total. The molecule has 0 amide bonds. The van der Waals surface area contributed by atoms with Gasteiger partial charge in [0.25, 0.3) is 0 Å². The Labute approximate surface area is 106 Å². The summed E-state index contributed by atoms with van der Waals surface area (Å²) in [5, 5.41) is 11.7. The number of aromatic nitrogens is 1. The van der Waals surface area contributed by atoms with E-state index in [1.54, 1.807) is 0 Å². The van der Waals surface area contributed by atoms with Crippen LogP contribution in [0.15, 0.2) is 34.1 Å². The van der Waals surface area contributed by atoms with E-state index in [9.17, 15) is 0 Å². The van der Waals surface area contributed by atoms with Crippen molar-refractivity contribution < 1.29 is 5.11 Å². The van der Waals surface area contributed by atoms with Gasteiger partial charge in [-0.05, 0) is 12.1 Å². The van der Waals surface area contributed by atoms with Gasteiger partial charge in [0.15, 0.2) is 0 Å². The highest BCUT2D eigenvalue weighted by Crippen LogP contribution is 2.25. The second-order valence-corrected chi connectivity index (χ2v) is 5.17. The van der Waals surface area contributed by atoms with E-state index in [-0.39, 0.29) is 12.6 Å². The Morgan fingerprint density at radius 3 is 2.69 bits per heavy atom. The van der Waals surface area contributed by atoms with Crippen LogP contribution in [-0.4, -0.2) is 16.7 Å². The first-order valence-electron chi connectivity index (χ1n) is 4.78. The minimum atomic E-state index is -0.380. The van der Waals surface area contributed by atoms with Gasteiger partial charge in [-0.25, -0.2) is 4.98 Å². The van der Waals surface area contributed by atoms with Crippen molar-refractivity contribution in [1.29, 1.82) is 0 Å². The van der Waals surface area contributed by atoms with E-state index in [4.69, 9.17) is 10.8 Å². The highest BCUT2D eigenvalue weighted by molar-refractivity contribution is 9.10. The Balaban J connectivity index is 2.28. The fourth-order valence-electron chi connectivity index (χ4n) is 1.29. The Kier molecular flexibility index (Phi) is 3.70. The number of rotatable bonds is 3. The van der Waals surface area contributed by atoms with Crippen LogP contribution >= 0.6 is 27.3 Å². The lowest BCUT2D eigenvalue weighted by molar-refractivity contribution is 0.268. The molecule has 5 heteroatoms. The molecular formula is C11H11BrN2OS. The average molecular weight is 299 g/mol. The minimum absolute atomic E-state index is 0.0761. The van der Waals surface area contributed by atoms with Crippen LogP contribution in [0.25, 0.3) is 11.3 Å². The summed E-state index contributed by atoms with van der Waals surface area (Å²) < 4.78 is 1.04. The van der Waals surface area contributed by atoms with Gasteiger partial charge in [-0.3, -0.25) is 0 Å². The normalized spacial score (nSPS) is 12.7. The third-order valence-corrected chi connectivity index (χ3v) is 3.68. The molecule has 0 bridgehead atoms. The van der Waals surface area contributed by atoms with Crippen LogP contribution in [0.1, 0.15) is 11.0 Å². The molecule has 0 radical (unpaired) electrons. The van der Waals surface area contributed by atoms with E-state index >= 15 is 0 Å². The maximum absolute atomic E-state index is 8.94. The van der Waals surface area contributed by atoms with Gasteiger partial charge in [0.05, 0.1) is 18.3 Å². The van der Waals surface area contributed by atoms with Crippen molar-refractivity contribution in [1.82, 2.24) is 4.98 Å². The summed E-state index contributed by atoms with van der Waals surface area (Å²) in [4.78, 5) is 4.40. The molecule has 0 saturated carbocycles. The van der Waals surface area contributed by atoms with E-state index in [0.29, 0.717) is 0 Å². The molecule has 1 aromatic carbocycles. The number of aliphatic hydroxyl groups excluding tert-OH is 1. The van der Waals surface area contributed by atoms with E-state index in [0.717, 1.165) is 20.7 Å². The molecule has 0 spiro atoms. The minimum Gasteiger partial charge on any atom is -0.394 e. The number of hydrogen-bond donors (Lipinski definition) is 2. The zero-order chi connectivity index (χ0) is 11.5. The molecule has 2 aromatic rings. The van der Waals surface area contributed by atoms with Crippen molar-refractivity contribution >= 4 is 27.3 Å². The number of halogens is 1. The smallest absolute Gasteiger partial charge is 0.112 e. The molecule has 0 fully saturated rings. The largest absolute Gasteiger partial charge is 0.394 e. The molecule has 1 aromatic heterocycles. The van der Waals surface area contributed by atoms with E-state index in [1.165, 1.54) is 11.3 Å². The molecule has 0 aliphatic rings. The molecule has 84 valence electrons. The zero-order valence-corrected chi connectivity index (χ0v) is 10.8. The van der Waals surface area contributed by atoms with E-state index < -0.39 is 0 Å². The number of hydrogen-bond acceptors (Lipinski definition) is 4. The molecule has 0 saturated heterocycles. The van der Waals surface area contributed by atoms with Crippen LogP contribution in [0, 0.1) is 0 Å². The summed E-state index contributed by atoms with van der Waals surface area (Å²) in [5.41, 5.74) is 7.65. The average Bonchev–Trinajstić information content (AvgIpc) is 2.78. The summed E-state index contributed by atoms with van der Waals surface area (Å²) in [5.74, 6) is 0. The Hall–Kier alpha value is -0.750. The summed E-state index contributed by atoms with van der Waals surface area (Å²) in [6.07, 6.45) is 0.